The molecular weight excluding hydrogens is 196 g/mol. The van der Waals surface area contributed by atoms with Crippen molar-refractivity contribution in [2.45, 2.75) is 40.3 Å². The Bertz CT molecular complexity index is 345. The van der Waals surface area contributed by atoms with Crippen LogP contribution in [0.3, 0.4) is 0 Å². The van der Waals surface area contributed by atoms with Gasteiger partial charge in [-0.05, 0) is 31.4 Å². The van der Waals surface area contributed by atoms with Gasteiger partial charge in [0.15, 0.2) is 0 Å². The Hall–Kier alpha value is -1.02. The Morgan fingerprint density at radius 3 is 2.38 bits per heavy atom. The monoisotopic (exact) mass is 220 g/mol. The van der Waals surface area contributed by atoms with E-state index in [1.165, 1.54) is 16.8 Å². The van der Waals surface area contributed by atoms with E-state index in [4.69, 9.17) is 5.73 Å². The molecule has 0 saturated carbocycles. The number of anilines is 1. The molecule has 0 spiro atoms. The molecule has 0 heterocycles. The van der Waals surface area contributed by atoms with E-state index >= 15 is 0 Å². The zero-order chi connectivity index (χ0) is 12.3. The van der Waals surface area contributed by atoms with Crippen LogP contribution in [0.2, 0.25) is 0 Å². The van der Waals surface area contributed by atoms with Crippen molar-refractivity contribution in [3.8, 4) is 0 Å². The molecule has 1 rings (SSSR count). The average molecular weight is 220 g/mol. The number of nitrogens with zero attached hydrogens (tertiary/aromatic N) is 1. The van der Waals surface area contributed by atoms with E-state index in [0.717, 1.165) is 0 Å². The molecule has 0 aromatic heterocycles. The Kier molecular flexibility index (Phi) is 4.36. The third kappa shape index (κ3) is 2.76. The highest BCUT2D eigenvalue weighted by Gasteiger charge is 2.15. The van der Waals surface area contributed by atoms with Crippen molar-refractivity contribution < 1.29 is 0 Å². The maximum atomic E-state index is 5.81. The van der Waals surface area contributed by atoms with Crippen molar-refractivity contribution in [3.05, 3.63) is 29.3 Å². The first-order chi connectivity index (χ1) is 7.47. The van der Waals surface area contributed by atoms with Crippen LogP contribution < -0.4 is 10.6 Å². The molecule has 2 nitrogen and oxygen atoms in total. The molecule has 1 unspecified atom stereocenters. The summed E-state index contributed by atoms with van der Waals surface area (Å²) in [5.74, 6) is 0.636. The Morgan fingerprint density at radius 2 is 1.88 bits per heavy atom. The van der Waals surface area contributed by atoms with Crippen molar-refractivity contribution in [1.82, 2.24) is 0 Å². The summed E-state index contributed by atoms with van der Waals surface area (Å²) in [6, 6.07) is 7.03. The molecule has 0 fully saturated rings. The van der Waals surface area contributed by atoms with Gasteiger partial charge in [-0.25, -0.2) is 0 Å². The number of nitrogens with two attached hydrogens (primary N) is 1. The molecule has 0 saturated heterocycles. The fourth-order valence-corrected chi connectivity index (χ4v) is 1.89. The normalized spacial score (nSPS) is 12.9. The summed E-state index contributed by atoms with van der Waals surface area (Å²) in [7, 11) is 2.15. The SMILES string of the molecule is Cc1ccc(N(C)C(C)C(C)C)c(CN)c1. The number of hydrogen-bond donors (Lipinski definition) is 1. The number of rotatable bonds is 4. The van der Waals surface area contributed by atoms with Gasteiger partial charge in [-0.1, -0.05) is 31.5 Å². The maximum Gasteiger partial charge on any atom is 0.0411 e. The van der Waals surface area contributed by atoms with Crippen molar-refractivity contribution >= 4 is 5.69 Å². The summed E-state index contributed by atoms with van der Waals surface area (Å²) in [5.41, 5.74) is 9.57. The van der Waals surface area contributed by atoms with Crippen LogP contribution in [0.1, 0.15) is 31.9 Å². The molecule has 2 N–H and O–H groups in total. The minimum Gasteiger partial charge on any atom is -0.371 e. The Morgan fingerprint density at radius 1 is 1.25 bits per heavy atom. The van der Waals surface area contributed by atoms with Gasteiger partial charge in [0, 0.05) is 25.3 Å². The zero-order valence-electron chi connectivity index (χ0n) is 11.1. The van der Waals surface area contributed by atoms with Crippen LogP contribution >= 0.6 is 0 Å². The van der Waals surface area contributed by atoms with Crippen LogP contribution in [0, 0.1) is 12.8 Å². The van der Waals surface area contributed by atoms with E-state index in [2.05, 4.69) is 57.8 Å². The van der Waals surface area contributed by atoms with Crippen LogP contribution in [0.4, 0.5) is 5.69 Å². The van der Waals surface area contributed by atoms with E-state index in [1.54, 1.807) is 0 Å². The Balaban J connectivity index is 3.03. The number of benzene rings is 1. The lowest BCUT2D eigenvalue weighted by molar-refractivity contribution is 0.505. The van der Waals surface area contributed by atoms with Crippen LogP contribution in [0.25, 0.3) is 0 Å². The minimum absolute atomic E-state index is 0.521. The van der Waals surface area contributed by atoms with Crippen molar-refractivity contribution in [3.63, 3.8) is 0 Å². The second-order valence-corrected chi connectivity index (χ2v) is 4.93. The lowest BCUT2D eigenvalue weighted by Crippen LogP contribution is -2.34. The van der Waals surface area contributed by atoms with Crippen molar-refractivity contribution in [1.29, 1.82) is 0 Å². The van der Waals surface area contributed by atoms with Gasteiger partial charge >= 0.3 is 0 Å². The topological polar surface area (TPSA) is 29.3 Å². The summed E-state index contributed by atoms with van der Waals surface area (Å²) < 4.78 is 0. The third-order valence-corrected chi connectivity index (χ3v) is 3.41. The summed E-state index contributed by atoms with van der Waals surface area (Å²) in [6.07, 6.45) is 0. The van der Waals surface area contributed by atoms with Gasteiger partial charge in [-0.2, -0.15) is 0 Å². The second kappa shape index (κ2) is 5.35. The lowest BCUT2D eigenvalue weighted by Gasteiger charge is -2.31. The summed E-state index contributed by atoms with van der Waals surface area (Å²) >= 11 is 0. The van der Waals surface area contributed by atoms with E-state index in [1.807, 2.05) is 0 Å². The molecule has 0 radical (unpaired) electrons. The maximum absolute atomic E-state index is 5.81. The van der Waals surface area contributed by atoms with Gasteiger partial charge < -0.3 is 10.6 Å². The quantitative estimate of drug-likeness (QED) is 0.845. The first-order valence-electron chi connectivity index (χ1n) is 5.99. The van der Waals surface area contributed by atoms with Crippen LogP contribution in [-0.2, 0) is 6.54 Å². The Labute approximate surface area is 99.5 Å². The third-order valence-electron chi connectivity index (χ3n) is 3.41. The largest absolute Gasteiger partial charge is 0.371 e. The summed E-state index contributed by atoms with van der Waals surface area (Å²) in [5, 5.41) is 0. The van der Waals surface area contributed by atoms with E-state index in [0.29, 0.717) is 18.5 Å². The molecule has 2 heteroatoms. The van der Waals surface area contributed by atoms with Gasteiger partial charge in [0.1, 0.15) is 0 Å². The standard InChI is InChI=1S/C14H24N2/c1-10(2)12(4)16(5)14-7-6-11(3)8-13(14)9-15/h6-8,10,12H,9,15H2,1-5H3. The molecule has 1 aromatic carbocycles. The summed E-state index contributed by atoms with van der Waals surface area (Å²) in [6.45, 7) is 9.46. The van der Waals surface area contributed by atoms with Crippen molar-refractivity contribution in [2.75, 3.05) is 11.9 Å². The molecule has 0 amide bonds. The fraction of sp³-hybridized carbons (Fsp3) is 0.571. The van der Waals surface area contributed by atoms with Gasteiger partial charge in [0.2, 0.25) is 0 Å². The molecule has 0 bridgehead atoms. The highest BCUT2D eigenvalue weighted by atomic mass is 15.1. The molecule has 0 aliphatic carbocycles. The van der Waals surface area contributed by atoms with Crippen LogP contribution in [0.15, 0.2) is 18.2 Å². The van der Waals surface area contributed by atoms with Gasteiger partial charge in [-0.3, -0.25) is 0 Å². The van der Waals surface area contributed by atoms with E-state index in [-0.39, 0.29) is 0 Å². The van der Waals surface area contributed by atoms with E-state index < -0.39 is 0 Å². The highest BCUT2D eigenvalue weighted by Crippen LogP contribution is 2.24. The zero-order valence-corrected chi connectivity index (χ0v) is 11.1. The predicted octanol–water partition coefficient (Wildman–Crippen LogP) is 2.93. The molecule has 16 heavy (non-hydrogen) atoms. The lowest BCUT2D eigenvalue weighted by atomic mass is 10.0. The first-order valence-corrected chi connectivity index (χ1v) is 5.99. The summed E-state index contributed by atoms with van der Waals surface area (Å²) in [4.78, 5) is 2.33. The molecule has 0 aliphatic heterocycles. The molecule has 90 valence electrons. The average Bonchev–Trinajstić information content (AvgIpc) is 2.26. The fourth-order valence-electron chi connectivity index (χ4n) is 1.89. The molecular formula is C14H24N2. The number of hydrogen-bond acceptors (Lipinski definition) is 2. The number of aryl methyl sites for hydroxylation is 1. The predicted molar refractivity (Wildman–Crippen MR) is 71.8 cm³/mol. The van der Waals surface area contributed by atoms with Gasteiger partial charge in [-0.15, -0.1) is 0 Å². The minimum atomic E-state index is 0.521. The molecule has 1 aromatic rings. The second-order valence-electron chi connectivity index (χ2n) is 4.93. The first kappa shape index (κ1) is 13.0. The van der Waals surface area contributed by atoms with Crippen molar-refractivity contribution in [2.24, 2.45) is 11.7 Å². The van der Waals surface area contributed by atoms with Crippen LogP contribution in [-0.4, -0.2) is 13.1 Å². The van der Waals surface area contributed by atoms with Crippen LogP contribution in [0.5, 0.6) is 0 Å². The smallest absolute Gasteiger partial charge is 0.0411 e. The van der Waals surface area contributed by atoms with Gasteiger partial charge in [0.05, 0.1) is 0 Å². The van der Waals surface area contributed by atoms with E-state index in [9.17, 15) is 0 Å². The molecule has 1 atom stereocenters. The highest BCUT2D eigenvalue weighted by molar-refractivity contribution is 5.55. The van der Waals surface area contributed by atoms with Gasteiger partial charge in [0.25, 0.3) is 0 Å². The molecule has 0 aliphatic rings.